The number of amides is 1. The largest absolute Gasteiger partial charge is 0.464 e. The van der Waals surface area contributed by atoms with Gasteiger partial charge in [0.15, 0.2) is 5.69 Å². The number of carbonyl (C=O) groups excluding carboxylic acids is 2. The normalized spacial score (nSPS) is 19.9. The van der Waals surface area contributed by atoms with Gasteiger partial charge in [-0.2, -0.15) is 13.2 Å². The molecule has 1 saturated heterocycles. The van der Waals surface area contributed by atoms with Crippen LogP contribution < -0.4 is 16.2 Å². The van der Waals surface area contributed by atoms with E-state index in [4.69, 9.17) is 0 Å². The maximum absolute atomic E-state index is 13.0. The number of carbonyl (C=O) groups is 2. The lowest BCUT2D eigenvalue weighted by atomic mass is 10.1. The lowest BCUT2D eigenvalue weighted by Gasteiger charge is -2.31. The molecule has 150 valence electrons. The van der Waals surface area contributed by atoms with E-state index in [-0.39, 0.29) is 11.9 Å². The predicted octanol–water partition coefficient (Wildman–Crippen LogP) is 1.48. The Hall–Kier alpha value is -2.99. The number of anilines is 1. The molecule has 28 heavy (non-hydrogen) atoms. The molecule has 0 bridgehead atoms. The maximum Gasteiger partial charge on any atom is 0.417 e. The third kappa shape index (κ3) is 4.28. The second kappa shape index (κ2) is 7.94. The Kier molecular flexibility index (Phi) is 5.61. The van der Waals surface area contributed by atoms with Crippen LogP contribution >= 0.6 is 0 Å². The van der Waals surface area contributed by atoms with Crippen molar-refractivity contribution in [3.63, 3.8) is 0 Å². The molecule has 2 atom stereocenters. The molecule has 2 aromatic rings. The van der Waals surface area contributed by atoms with Gasteiger partial charge in [-0.05, 0) is 18.9 Å². The first-order valence-electron chi connectivity index (χ1n) is 8.24. The molecule has 1 aliphatic heterocycles. The van der Waals surface area contributed by atoms with Crippen molar-refractivity contribution < 1.29 is 27.5 Å². The van der Waals surface area contributed by atoms with E-state index in [1.165, 1.54) is 0 Å². The summed E-state index contributed by atoms with van der Waals surface area (Å²) in [6.07, 6.45) is 1.70. The van der Waals surface area contributed by atoms with Crippen LogP contribution in [0, 0.1) is 0 Å². The van der Waals surface area contributed by atoms with Gasteiger partial charge in [0.2, 0.25) is 5.91 Å². The average Bonchev–Trinajstić information content (AvgIpc) is 3.21. The predicted molar refractivity (Wildman–Crippen MR) is 89.8 cm³/mol. The highest BCUT2D eigenvalue weighted by atomic mass is 19.4. The molecule has 9 nitrogen and oxygen atoms in total. The minimum absolute atomic E-state index is 0.118. The maximum atomic E-state index is 13.0. The molecule has 3 N–H and O–H groups in total. The van der Waals surface area contributed by atoms with Gasteiger partial charge in [0.1, 0.15) is 6.04 Å². The first-order chi connectivity index (χ1) is 13.3. The fraction of sp³-hybridized carbons (Fsp3) is 0.375. The number of nitrogens with one attached hydrogen (secondary N) is 3. The van der Waals surface area contributed by atoms with E-state index in [1.54, 1.807) is 18.7 Å². The smallest absolute Gasteiger partial charge is 0.417 e. The standard InChI is InChI=1S/C16H17F3N6O3/c1-28-15(27)13-11(6-9(7-21-13)16(17,18)19)22-14(26)10-2-3-12(24-23-10)25-5-4-20-8-25/h4-8,10,12,23-24H,2-3H2,1H3,(H,22,26). The molecular formula is C16H17F3N6O3. The highest BCUT2D eigenvalue weighted by Crippen LogP contribution is 2.31. The third-order valence-electron chi connectivity index (χ3n) is 4.21. The lowest BCUT2D eigenvalue weighted by molar-refractivity contribution is -0.137. The third-order valence-corrected chi connectivity index (χ3v) is 4.21. The molecule has 0 radical (unpaired) electrons. The molecule has 2 unspecified atom stereocenters. The number of rotatable bonds is 4. The summed E-state index contributed by atoms with van der Waals surface area (Å²) in [5.41, 5.74) is 3.89. The van der Waals surface area contributed by atoms with Gasteiger partial charge in [-0.1, -0.05) is 0 Å². The number of methoxy groups -OCH3 is 1. The molecule has 1 amide bonds. The second-order valence-corrected chi connectivity index (χ2v) is 6.04. The van der Waals surface area contributed by atoms with E-state index < -0.39 is 35.4 Å². The summed E-state index contributed by atoms with van der Waals surface area (Å²) in [4.78, 5) is 31.7. The molecule has 12 heteroatoms. The number of imidazole rings is 1. The van der Waals surface area contributed by atoms with E-state index in [9.17, 15) is 22.8 Å². The lowest BCUT2D eigenvalue weighted by Crippen LogP contribution is -2.54. The van der Waals surface area contributed by atoms with Crippen LogP contribution in [0.15, 0.2) is 31.0 Å². The number of pyridine rings is 1. The Morgan fingerprint density at radius 3 is 2.68 bits per heavy atom. The highest BCUT2D eigenvalue weighted by molar-refractivity contribution is 6.01. The topological polar surface area (TPSA) is 110 Å². The minimum atomic E-state index is -4.68. The first kappa shape index (κ1) is 19.8. The molecule has 3 rings (SSSR count). The molecule has 3 heterocycles. The number of hydrogen-bond donors (Lipinski definition) is 3. The van der Waals surface area contributed by atoms with E-state index >= 15 is 0 Å². The molecule has 0 aliphatic carbocycles. The minimum Gasteiger partial charge on any atom is -0.464 e. The first-order valence-corrected chi connectivity index (χ1v) is 8.24. The zero-order valence-corrected chi connectivity index (χ0v) is 14.7. The number of hydrazine groups is 1. The van der Waals surface area contributed by atoms with Crippen molar-refractivity contribution in [2.75, 3.05) is 12.4 Å². The summed E-state index contributed by atoms with van der Waals surface area (Å²) in [5, 5.41) is 2.33. The van der Waals surface area contributed by atoms with Gasteiger partial charge in [0.05, 0.1) is 30.9 Å². The summed E-state index contributed by atoms with van der Waals surface area (Å²) >= 11 is 0. The summed E-state index contributed by atoms with van der Waals surface area (Å²) in [6.45, 7) is 0. The van der Waals surface area contributed by atoms with Crippen molar-refractivity contribution in [2.24, 2.45) is 0 Å². The molecule has 0 aromatic carbocycles. The van der Waals surface area contributed by atoms with Crippen molar-refractivity contribution in [1.29, 1.82) is 0 Å². The number of aromatic nitrogens is 3. The Morgan fingerprint density at radius 2 is 2.11 bits per heavy atom. The van der Waals surface area contributed by atoms with Gasteiger partial charge < -0.3 is 14.6 Å². The van der Waals surface area contributed by atoms with Crippen molar-refractivity contribution in [3.05, 3.63) is 42.2 Å². The van der Waals surface area contributed by atoms with Gasteiger partial charge in [-0.25, -0.2) is 25.6 Å². The van der Waals surface area contributed by atoms with Crippen LogP contribution in [-0.2, 0) is 15.7 Å². The van der Waals surface area contributed by atoms with Crippen LogP contribution in [0.2, 0.25) is 0 Å². The Bertz CT molecular complexity index is 848. The summed E-state index contributed by atoms with van der Waals surface area (Å²) in [5.74, 6) is -1.57. The number of halogens is 3. The van der Waals surface area contributed by atoms with E-state index in [0.29, 0.717) is 25.1 Å². The quantitative estimate of drug-likeness (QED) is 0.669. The summed E-state index contributed by atoms with van der Waals surface area (Å²) < 4.78 is 45.2. The van der Waals surface area contributed by atoms with Gasteiger partial charge in [-0.15, -0.1) is 0 Å². The highest BCUT2D eigenvalue weighted by Gasteiger charge is 2.33. The van der Waals surface area contributed by atoms with Gasteiger partial charge in [0, 0.05) is 18.6 Å². The Labute approximate surface area is 157 Å². The van der Waals surface area contributed by atoms with Crippen molar-refractivity contribution in [2.45, 2.75) is 31.2 Å². The zero-order valence-electron chi connectivity index (χ0n) is 14.7. The van der Waals surface area contributed by atoms with E-state index in [1.807, 2.05) is 4.57 Å². The SMILES string of the molecule is COC(=O)c1ncc(C(F)(F)F)cc1NC(=O)C1CCC(n2ccnc2)NN1. The number of nitrogens with zero attached hydrogens (tertiary/aromatic N) is 3. The number of hydrogen-bond acceptors (Lipinski definition) is 7. The van der Waals surface area contributed by atoms with Gasteiger partial charge in [-0.3, -0.25) is 4.79 Å². The van der Waals surface area contributed by atoms with Crippen molar-refractivity contribution in [1.82, 2.24) is 25.4 Å². The fourth-order valence-corrected chi connectivity index (χ4v) is 2.73. The van der Waals surface area contributed by atoms with Crippen LogP contribution in [0.3, 0.4) is 0 Å². The molecule has 1 fully saturated rings. The van der Waals surface area contributed by atoms with Crippen LogP contribution in [-0.4, -0.2) is 39.6 Å². The molecule has 0 saturated carbocycles. The number of esters is 1. The van der Waals surface area contributed by atoms with Crippen molar-refractivity contribution >= 4 is 17.6 Å². The summed E-state index contributed by atoms with van der Waals surface area (Å²) in [7, 11) is 1.07. The number of alkyl halides is 3. The van der Waals surface area contributed by atoms with Crippen LogP contribution in [0.5, 0.6) is 0 Å². The van der Waals surface area contributed by atoms with Crippen LogP contribution in [0.1, 0.15) is 35.1 Å². The van der Waals surface area contributed by atoms with Crippen LogP contribution in [0.4, 0.5) is 18.9 Å². The van der Waals surface area contributed by atoms with Gasteiger partial charge in [0.25, 0.3) is 0 Å². The average molecular weight is 398 g/mol. The molecular weight excluding hydrogens is 381 g/mol. The Balaban J connectivity index is 1.73. The number of ether oxygens (including phenoxy) is 1. The van der Waals surface area contributed by atoms with Gasteiger partial charge >= 0.3 is 12.1 Å². The zero-order chi connectivity index (χ0) is 20.3. The van der Waals surface area contributed by atoms with Crippen LogP contribution in [0.25, 0.3) is 0 Å². The molecule has 1 aliphatic rings. The van der Waals surface area contributed by atoms with Crippen molar-refractivity contribution in [3.8, 4) is 0 Å². The van der Waals surface area contributed by atoms with E-state index in [0.717, 1.165) is 7.11 Å². The molecule has 2 aromatic heterocycles. The second-order valence-electron chi connectivity index (χ2n) is 6.04. The fourth-order valence-electron chi connectivity index (χ4n) is 2.73. The summed E-state index contributed by atoms with van der Waals surface area (Å²) in [6, 6.07) is -0.0679. The Morgan fingerprint density at radius 1 is 1.32 bits per heavy atom. The monoisotopic (exact) mass is 398 g/mol. The van der Waals surface area contributed by atoms with E-state index in [2.05, 4.69) is 30.9 Å². The molecule has 0 spiro atoms.